The average Bonchev–Trinajstić information content (AvgIpc) is 3.27. The molecular weight excluding hydrogens is 508 g/mol. The van der Waals surface area contributed by atoms with Crippen molar-refractivity contribution in [3.05, 3.63) is 89.7 Å². The number of hydrogen-bond acceptors (Lipinski definition) is 5. The lowest BCUT2D eigenvalue weighted by molar-refractivity contribution is 0.235. The second kappa shape index (κ2) is 11.6. The van der Waals surface area contributed by atoms with Crippen LogP contribution in [-0.4, -0.2) is 54.9 Å². The molecule has 9 heteroatoms. The van der Waals surface area contributed by atoms with Gasteiger partial charge in [0.05, 0.1) is 21.6 Å². The highest BCUT2D eigenvalue weighted by Crippen LogP contribution is 2.28. The van der Waals surface area contributed by atoms with E-state index in [4.69, 9.17) is 16.1 Å². The lowest BCUT2D eigenvalue weighted by Gasteiger charge is -2.30. The number of amidine groups is 1. The zero-order valence-electron chi connectivity index (χ0n) is 22.4. The number of anilines is 1. The standard InChI is InChI=1S/C30H36N6O2S/c1-34-28-16-15-25(22-27(28)33-29(34)17-12-23-10-13-24(14-11-23)30(31)32)36(21-20-35-18-6-3-7-19-35)39(37,38)26-8-4-2-5-9-26/h2,4-5,8-11,13-16,22H,3,6-7,12,17-21H2,1H3,(H3,31,32). The fourth-order valence-electron chi connectivity index (χ4n) is 5.25. The fraction of sp³-hybridized carbons (Fsp3) is 0.333. The predicted octanol–water partition coefficient (Wildman–Crippen LogP) is 4.32. The summed E-state index contributed by atoms with van der Waals surface area (Å²) in [6.07, 6.45) is 5.10. The Bertz CT molecular complexity index is 1540. The minimum atomic E-state index is -3.73. The van der Waals surface area contributed by atoms with Crippen molar-refractivity contribution in [2.75, 3.05) is 30.5 Å². The minimum absolute atomic E-state index is 0.0620. The Kier molecular flexibility index (Phi) is 7.99. The number of rotatable bonds is 10. The summed E-state index contributed by atoms with van der Waals surface area (Å²) < 4.78 is 31.2. The quantitative estimate of drug-likeness (QED) is 0.228. The van der Waals surface area contributed by atoms with Gasteiger partial charge < -0.3 is 15.2 Å². The molecule has 0 aliphatic carbocycles. The molecule has 1 aliphatic heterocycles. The Morgan fingerprint density at radius 2 is 1.69 bits per heavy atom. The van der Waals surface area contributed by atoms with Crippen LogP contribution in [0.1, 0.15) is 36.2 Å². The van der Waals surface area contributed by atoms with Crippen LogP contribution in [-0.2, 0) is 29.9 Å². The van der Waals surface area contributed by atoms with E-state index in [1.165, 1.54) is 6.42 Å². The first-order valence-electron chi connectivity index (χ1n) is 13.5. The van der Waals surface area contributed by atoms with Gasteiger partial charge in [0.25, 0.3) is 10.0 Å². The van der Waals surface area contributed by atoms with Crippen LogP contribution in [0.4, 0.5) is 5.69 Å². The molecule has 4 aromatic rings. The molecule has 0 radical (unpaired) electrons. The second-order valence-corrected chi connectivity index (χ2v) is 12.0. The van der Waals surface area contributed by atoms with Crippen molar-refractivity contribution in [3.8, 4) is 0 Å². The fourth-order valence-corrected chi connectivity index (χ4v) is 6.72. The number of aryl methyl sites for hydroxylation is 3. The third-order valence-corrected chi connectivity index (χ3v) is 9.39. The van der Waals surface area contributed by atoms with Gasteiger partial charge in [-0.1, -0.05) is 48.9 Å². The maximum atomic E-state index is 13.8. The summed E-state index contributed by atoms with van der Waals surface area (Å²) in [5, 5.41) is 7.57. The number of likely N-dealkylation sites (tertiary alicyclic amines) is 1. The maximum absolute atomic E-state index is 13.8. The molecule has 3 N–H and O–H groups in total. The second-order valence-electron chi connectivity index (χ2n) is 10.2. The molecule has 39 heavy (non-hydrogen) atoms. The van der Waals surface area contributed by atoms with Crippen LogP contribution in [0.15, 0.2) is 77.7 Å². The largest absolute Gasteiger partial charge is 0.384 e. The molecule has 0 bridgehead atoms. The van der Waals surface area contributed by atoms with Crippen molar-refractivity contribution < 1.29 is 8.42 Å². The summed E-state index contributed by atoms with van der Waals surface area (Å²) in [7, 11) is -1.74. The molecule has 8 nitrogen and oxygen atoms in total. The number of sulfonamides is 1. The molecule has 3 aromatic carbocycles. The normalized spacial score (nSPS) is 14.5. The smallest absolute Gasteiger partial charge is 0.264 e. The zero-order valence-corrected chi connectivity index (χ0v) is 23.2. The first kappa shape index (κ1) is 26.9. The van der Waals surface area contributed by atoms with Gasteiger partial charge in [-0.15, -0.1) is 0 Å². The van der Waals surface area contributed by atoms with Crippen molar-refractivity contribution in [1.82, 2.24) is 14.5 Å². The molecule has 0 amide bonds. The van der Waals surface area contributed by atoms with Crippen LogP contribution < -0.4 is 10.0 Å². The third-order valence-electron chi connectivity index (χ3n) is 7.55. The van der Waals surface area contributed by atoms with Gasteiger partial charge in [-0.2, -0.15) is 0 Å². The number of hydrogen-bond donors (Lipinski definition) is 2. The van der Waals surface area contributed by atoms with Crippen molar-refractivity contribution in [1.29, 1.82) is 5.41 Å². The SMILES string of the molecule is Cn1c(CCc2ccc(C(=N)N)cc2)nc2cc(N(CCN3CCCCC3)S(=O)(=O)c3ccccc3)ccc21. The molecule has 2 heterocycles. The van der Waals surface area contributed by atoms with Gasteiger partial charge in [-0.25, -0.2) is 13.4 Å². The molecule has 0 spiro atoms. The summed E-state index contributed by atoms with van der Waals surface area (Å²) in [6, 6.07) is 22.1. The predicted molar refractivity (Wildman–Crippen MR) is 157 cm³/mol. The van der Waals surface area contributed by atoms with Crippen LogP contribution >= 0.6 is 0 Å². The monoisotopic (exact) mass is 544 g/mol. The van der Waals surface area contributed by atoms with E-state index in [0.717, 1.165) is 61.2 Å². The zero-order chi connectivity index (χ0) is 27.4. The Morgan fingerprint density at radius 3 is 2.38 bits per heavy atom. The van der Waals surface area contributed by atoms with E-state index in [-0.39, 0.29) is 5.84 Å². The topological polar surface area (TPSA) is 108 Å². The lowest BCUT2D eigenvalue weighted by atomic mass is 10.1. The van der Waals surface area contributed by atoms with Gasteiger partial charge in [-0.3, -0.25) is 9.71 Å². The Balaban J connectivity index is 1.41. The number of aromatic nitrogens is 2. The van der Waals surface area contributed by atoms with Gasteiger partial charge in [0.1, 0.15) is 11.7 Å². The number of nitrogens with zero attached hydrogens (tertiary/aromatic N) is 4. The highest BCUT2D eigenvalue weighted by atomic mass is 32.2. The average molecular weight is 545 g/mol. The van der Waals surface area contributed by atoms with E-state index in [1.54, 1.807) is 28.6 Å². The van der Waals surface area contributed by atoms with E-state index in [9.17, 15) is 8.42 Å². The number of benzene rings is 3. The van der Waals surface area contributed by atoms with Crippen molar-refractivity contribution in [3.63, 3.8) is 0 Å². The van der Waals surface area contributed by atoms with Crippen molar-refractivity contribution in [2.24, 2.45) is 12.8 Å². The molecule has 1 fully saturated rings. The first-order chi connectivity index (χ1) is 18.8. The summed E-state index contributed by atoms with van der Waals surface area (Å²) in [6.45, 7) is 3.11. The van der Waals surface area contributed by atoms with Gasteiger partial charge in [0.2, 0.25) is 0 Å². The minimum Gasteiger partial charge on any atom is -0.384 e. The van der Waals surface area contributed by atoms with Crippen molar-refractivity contribution >= 4 is 32.6 Å². The number of piperidine rings is 1. The molecule has 1 saturated heterocycles. The van der Waals surface area contributed by atoms with Gasteiger partial charge in [-0.05, 0) is 68.2 Å². The van der Waals surface area contributed by atoms with Gasteiger partial charge in [0.15, 0.2) is 0 Å². The highest BCUT2D eigenvalue weighted by Gasteiger charge is 2.26. The van der Waals surface area contributed by atoms with Crippen LogP contribution in [0.25, 0.3) is 11.0 Å². The van der Waals surface area contributed by atoms with Crippen LogP contribution in [0, 0.1) is 5.41 Å². The summed E-state index contributed by atoms with van der Waals surface area (Å²) in [4.78, 5) is 7.55. The molecular formula is C30H36N6O2S. The number of nitrogens with one attached hydrogen (secondary N) is 1. The lowest BCUT2D eigenvalue weighted by Crippen LogP contribution is -2.40. The number of nitrogens with two attached hydrogens (primary N) is 1. The van der Waals surface area contributed by atoms with E-state index < -0.39 is 10.0 Å². The first-order valence-corrected chi connectivity index (χ1v) is 15.0. The van der Waals surface area contributed by atoms with E-state index >= 15 is 0 Å². The number of fused-ring (bicyclic) bond motifs is 1. The number of imidazole rings is 1. The van der Waals surface area contributed by atoms with E-state index in [0.29, 0.717) is 29.2 Å². The Morgan fingerprint density at radius 1 is 0.974 bits per heavy atom. The summed E-state index contributed by atoms with van der Waals surface area (Å²) in [5.74, 6) is 0.996. The van der Waals surface area contributed by atoms with Crippen LogP contribution in [0.5, 0.6) is 0 Å². The van der Waals surface area contributed by atoms with Gasteiger partial charge >= 0.3 is 0 Å². The third kappa shape index (κ3) is 5.99. The van der Waals surface area contributed by atoms with E-state index in [1.807, 2.05) is 55.6 Å². The number of nitrogen functional groups attached to an aromatic ring is 1. The highest BCUT2D eigenvalue weighted by molar-refractivity contribution is 7.92. The van der Waals surface area contributed by atoms with Crippen LogP contribution in [0.2, 0.25) is 0 Å². The van der Waals surface area contributed by atoms with Crippen LogP contribution in [0.3, 0.4) is 0 Å². The Labute approximate surface area is 230 Å². The van der Waals surface area contributed by atoms with Crippen molar-refractivity contribution in [2.45, 2.75) is 37.0 Å². The molecule has 204 valence electrons. The molecule has 0 saturated carbocycles. The Hall–Kier alpha value is -3.69. The molecule has 1 aliphatic rings. The summed E-state index contributed by atoms with van der Waals surface area (Å²) >= 11 is 0. The summed E-state index contributed by atoms with van der Waals surface area (Å²) in [5.41, 5.74) is 9.80. The van der Waals surface area contributed by atoms with Gasteiger partial charge in [0, 0.05) is 32.1 Å². The van der Waals surface area contributed by atoms with E-state index in [2.05, 4.69) is 9.47 Å². The molecule has 0 unspecified atom stereocenters. The molecule has 1 aromatic heterocycles. The molecule has 0 atom stereocenters. The maximum Gasteiger partial charge on any atom is 0.264 e. The molecule has 5 rings (SSSR count).